The van der Waals surface area contributed by atoms with Gasteiger partial charge >= 0.3 is 6.09 Å². The van der Waals surface area contributed by atoms with E-state index in [1.54, 1.807) is 24.3 Å². The number of amides is 1. The van der Waals surface area contributed by atoms with Crippen LogP contribution in [-0.2, 0) is 11.3 Å². The lowest BCUT2D eigenvalue weighted by molar-refractivity contribution is 0.101. The summed E-state index contributed by atoms with van der Waals surface area (Å²) in [6.45, 7) is 1.38. The third-order valence-corrected chi connectivity index (χ3v) is 4.93. The summed E-state index contributed by atoms with van der Waals surface area (Å²) in [5.74, 6) is -1.83. The molecule has 0 bridgehead atoms. The Morgan fingerprint density at radius 1 is 1.17 bits per heavy atom. The highest BCUT2D eigenvalue weighted by molar-refractivity contribution is 6.30. The molecule has 1 aliphatic rings. The number of hydrogen-bond donors (Lipinski definition) is 0. The highest BCUT2D eigenvalue weighted by Gasteiger charge is 2.44. The van der Waals surface area contributed by atoms with Gasteiger partial charge in [0.1, 0.15) is 29.5 Å². The Balaban J connectivity index is 1.75. The molecule has 1 saturated heterocycles. The molecule has 2 aromatic carbocycles. The summed E-state index contributed by atoms with van der Waals surface area (Å²) in [5, 5.41) is 8.10. The zero-order valence-electron chi connectivity index (χ0n) is 15.6. The quantitative estimate of drug-likeness (QED) is 0.565. The van der Waals surface area contributed by atoms with Gasteiger partial charge in [-0.1, -0.05) is 16.8 Å². The van der Waals surface area contributed by atoms with Crippen LogP contribution in [-0.4, -0.2) is 33.0 Å². The van der Waals surface area contributed by atoms with E-state index in [2.05, 4.69) is 10.3 Å². The molecule has 0 aliphatic carbocycles. The number of nitrogens with zero attached hydrogens (tertiary/aromatic N) is 4. The number of anilines is 1. The Morgan fingerprint density at radius 3 is 2.43 bits per heavy atom. The summed E-state index contributed by atoms with van der Waals surface area (Å²) < 4.78 is 34.7. The number of ketones is 1. The smallest absolute Gasteiger partial charge is 0.415 e. The molecule has 1 aliphatic heterocycles. The topological polar surface area (TPSA) is 77.3 Å². The highest BCUT2D eigenvalue weighted by atomic mass is 35.5. The number of ether oxygens (including phenoxy) is 1. The van der Waals surface area contributed by atoms with Crippen LogP contribution in [0.5, 0.6) is 0 Å². The lowest BCUT2D eigenvalue weighted by Gasteiger charge is -2.25. The van der Waals surface area contributed by atoms with Gasteiger partial charge in [0.2, 0.25) is 0 Å². The standard InChI is InChI=1S/C20H15ClF2N4O3/c1-11(28)17-9-26(25-24-17)10-18-19(12-6-14(22)8-15(23)7-12)27(20(29)30-18)16-4-2-13(21)3-5-16/h2-9,18-19H,10H2,1H3/t18-,19-/m0/s1. The van der Waals surface area contributed by atoms with E-state index < -0.39 is 29.9 Å². The lowest BCUT2D eigenvalue weighted by atomic mass is 9.99. The first-order valence-corrected chi connectivity index (χ1v) is 9.32. The molecule has 3 aromatic rings. The van der Waals surface area contributed by atoms with Crippen LogP contribution in [0.3, 0.4) is 0 Å². The number of rotatable bonds is 5. The molecule has 0 N–H and O–H groups in total. The molecular formula is C20H15ClF2N4O3. The monoisotopic (exact) mass is 432 g/mol. The molecule has 0 saturated carbocycles. The third kappa shape index (κ3) is 3.88. The van der Waals surface area contributed by atoms with Crippen LogP contribution in [0.2, 0.25) is 5.02 Å². The minimum atomic E-state index is -0.853. The van der Waals surface area contributed by atoms with Gasteiger partial charge in [-0.2, -0.15) is 0 Å². The van der Waals surface area contributed by atoms with Crippen LogP contribution in [0.15, 0.2) is 48.7 Å². The van der Waals surface area contributed by atoms with Crippen LogP contribution in [0, 0.1) is 11.6 Å². The molecule has 1 fully saturated rings. The van der Waals surface area contributed by atoms with E-state index >= 15 is 0 Å². The first kappa shape index (κ1) is 20.0. The normalized spacial score (nSPS) is 18.5. The van der Waals surface area contributed by atoms with Crippen molar-refractivity contribution in [1.82, 2.24) is 15.0 Å². The first-order valence-electron chi connectivity index (χ1n) is 8.94. The molecule has 1 aromatic heterocycles. The predicted octanol–water partition coefficient (Wildman–Crippen LogP) is 4.18. The van der Waals surface area contributed by atoms with Gasteiger partial charge in [0.15, 0.2) is 5.78 Å². The van der Waals surface area contributed by atoms with Gasteiger partial charge < -0.3 is 4.74 Å². The molecule has 0 spiro atoms. The molecule has 2 atom stereocenters. The van der Waals surface area contributed by atoms with Gasteiger partial charge in [-0.3, -0.25) is 9.69 Å². The summed E-state index contributed by atoms with van der Waals surface area (Å²) in [6, 6.07) is 8.60. The number of halogens is 3. The molecule has 0 unspecified atom stereocenters. The average Bonchev–Trinajstić information content (AvgIpc) is 3.26. The number of carbonyl (C=O) groups is 2. The molecule has 2 heterocycles. The van der Waals surface area contributed by atoms with Gasteiger partial charge in [0, 0.05) is 23.7 Å². The van der Waals surface area contributed by atoms with Crippen molar-refractivity contribution in [2.45, 2.75) is 25.6 Å². The van der Waals surface area contributed by atoms with Crippen molar-refractivity contribution in [2.75, 3.05) is 4.90 Å². The van der Waals surface area contributed by atoms with Gasteiger partial charge in [0.05, 0.1) is 12.7 Å². The van der Waals surface area contributed by atoms with Crippen LogP contribution >= 0.6 is 11.6 Å². The van der Waals surface area contributed by atoms with E-state index in [-0.39, 0.29) is 23.6 Å². The molecule has 7 nitrogen and oxygen atoms in total. The number of aromatic nitrogens is 3. The van der Waals surface area contributed by atoms with Gasteiger partial charge in [-0.05, 0) is 42.0 Å². The summed E-state index contributed by atoms with van der Waals surface area (Å²) >= 11 is 5.93. The van der Waals surface area contributed by atoms with Gasteiger partial charge in [-0.15, -0.1) is 5.10 Å². The number of Topliss-reactive ketones (excluding diaryl/α,β-unsaturated/α-hetero) is 1. The number of cyclic esters (lactones) is 1. The predicted molar refractivity (Wildman–Crippen MR) is 103 cm³/mol. The largest absolute Gasteiger partial charge is 0.441 e. The fourth-order valence-corrected chi connectivity index (χ4v) is 3.50. The molecule has 10 heteroatoms. The zero-order valence-corrected chi connectivity index (χ0v) is 16.4. The van der Waals surface area contributed by atoms with Crippen molar-refractivity contribution in [3.05, 3.63) is 76.6 Å². The van der Waals surface area contributed by atoms with E-state index in [4.69, 9.17) is 16.3 Å². The minimum absolute atomic E-state index is 0.0267. The Labute approximate surface area is 174 Å². The third-order valence-electron chi connectivity index (χ3n) is 4.68. The highest BCUT2D eigenvalue weighted by Crippen LogP contribution is 2.39. The van der Waals surface area contributed by atoms with Crippen molar-refractivity contribution in [2.24, 2.45) is 0 Å². The number of carbonyl (C=O) groups excluding carboxylic acids is 2. The van der Waals surface area contributed by atoms with Crippen LogP contribution in [0.4, 0.5) is 19.3 Å². The second kappa shape index (κ2) is 7.83. The van der Waals surface area contributed by atoms with E-state index in [1.165, 1.54) is 22.7 Å². The van der Waals surface area contributed by atoms with Crippen LogP contribution in [0.1, 0.15) is 29.0 Å². The van der Waals surface area contributed by atoms with E-state index in [0.29, 0.717) is 10.7 Å². The van der Waals surface area contributed by atoms with Gasteiger partial charge in [0.25, 0.3) is 0 Å². The molecule has 4 rings (SSSR count). The van der Waals surface area contributed by atoms with E-state index in [0.717, 1.165) is 18.2 Å². The maximum atomic E-state index is 13.9. The van der Waals surface area contributed by atoms with Crippen molar-refractivity contribution in [3.63, 3.8) is 0 Å². The summed E-state index contributed by atoms with van der Waals surface area (Å²) in [4.78, 5) is 25.5. The fourth-order valence-electron chi connectivity index (χ4n) is 3.38. The Bertz CT molecular complexity index is 1100. The van der Waals surface area contributed by atoms with Crippen LogP contribution < -0.4 is 4.90 Å². The first-order chi connectivity index (χ1) is 14.3. The average molecular weight is 433 g/mol. The maximum Gasteiger partial charge on any atom is 0.415 e. The molecule has 154 valence electrons. The van der Waals surface area contributed by atoms with E-state index in [9.17, 15) is 18.4 Å². The molecule has 0 radical (unpaired) electrons. The summed E-state index contributed by atoms with van der Waals surface area (Å²) in [7, 11) is 0. The second-order valence-corrected chi connectivity index (χ2v) is 7.23. The van der Waals surface area contributed by atoms with Crippen molar-refractivity contribution in [3.8, 4) is 0 Å². The van der Waals surface area contributed by atoms with Crippen molar-refractivity contribution < 1.29 is 23.1 Å². The summed E-state index contributed by atoms with van der Waals surface area (Å²) in [5.41, 5.74) is 0.817. The Kier molecular flexibility index (Phi) is 5.21. The fraction of sp³-hybridized carbons (Fsp3) is 0.200. The van der Waals surface area contributed by atoms with Crippen molar-refractivity contribution >= 4 is 29.2 Å². The molecular weight excluding hydrogens is 418 g/mol. The van der Waals surface area contributed by atoms with Crippen molar-refractivity contribution in [1.29, 1.82) is 0 Å². The SMILES string of the molecule is CC(=O)c1cn(C[C@@H]2OC(=O)N(c3ccc(Cl)cc3)[C@H]2c2cc(F)cc(F)c2)nn1. The maximum absolute atomic E-state index is 13.9. The Hall–Kier alpha value is -3.33. The second-order valence-electron chi connectivity index (χ2n) is 6.80. The molecule has 1 amide bonds. The lowest BCUT2D eigenvalue weighted by Crippen LogP contribution is -2.31. The zero-order chi connectivity index (χ0) is 21.4. The van der Waals surface area contributed by atoms with E-state index in [1.807, 2.05) is 0 Å². The van der Waals surface area contributed by atoms with Gasteiger partial charge in [-0.25, -0.2) is 18.3 Å². The van der Waals surface area contributed by atoms with Crippen LogP contribution in [0.25, 0.3) is 0 Å². The number of hydrogen-bond acceptors (Lipinski definition) is 5. The molecule has 30 heavy (non-hydrogen) atoms. The number of benzene rings is 2. The minimum Gasteiger partial charge on any atom is -0.441 e. The summed E-state index contributed by atoms with van der Waals surface area (Å²) in [6.07, 6.45) is -0.121. The Morgan fingerprint density at radius 2 is 1.83 bits per heavy atom.